The van der Waals surface area contributed by atoms with Crippen molar-refractivity contribution in [3.8, 4) is 0 Å². The molecular formula is C8H11N3O. The molecular weight excluding hydrogens is 154 g/mol. The Bertz CT molecular complexity index is 356. The van der Waals surface area contributed by atoms with Gasteiger partial charge >= 0.3 is 0 Å². The summed E-state index contributed by atoms with van der Waals surface area (Å²) in [5, 5.41) is 3.72. The summed E-state index contributed by atoms with van der Waals surface area (Å²) in [5.74, 6) is 0. The molecule has 0 atom stereocenters. The first-order valence-corrected chi connectivity index (χ1v) is 3.90. The molecule has 2 rings (SSSR count). The van der Waals surface area contributed by atoms with E-state index >= 15 is 0 Å². The topological polar surface area (TPSA) is 51.8 Å². The minimum atomic E-state index is 0.639. The highest BCUT2D eigenvalue weighted by atomic mass is 16.5. The normalized spacial score (nSPS) is 9.25. The van der Waals surface area contributed by atoms with E-state index in [1.807, 2.05) is 20.8 Å². The van der Waals surface area contributed by atoms with Gasteiger partial charge in [0.15, 0.2) is 0 Å². The summed E-state index contributed by atoms with van der Waals surface area (Å²) in [6.45, 7) is 5.85. The Morgan fingerprint density at radius 2 is 2.08 bits per heavy atom. The molecule has 0 saturated heterocycles. The fraction of sp³-hybridized carbons (Fsp3) is 0.375. The van der Waals surface area contributed by atoms with E-state index in [0.717, 1.165) is 11.2 Å². The van der Waals surface area contributed by atoms with E-state index in [1.165, 1.54) is 6.33 Å². The van der Waals surface area contributed by atoms with E-state index in [2.05, 4.69) is 15.1 Å². The van der Waals surface area contributed by atoms with E-state index in [0.29, 0.717) is 5.58 Å². The molecule has 2 heterocycles. The fourth-order valence-electron chi connectivity index (χ4n) is 0.816. The predicted molar refractivity (Wildman–Crippen MR) is 45.7 cm³/mol. The molecule has 0 aliphatic heterocycles. The van der Waals surface area contributed by atoms with Gasteiger partial charge in [0.2, 0.25) is 5.58 Å². The van der Waals surface area contributed by atoms with Crippen molar-refractivity contribution in [3.63, 3.8) is 0 Å². The molecule has 0 bridgehead atoms. The van der Waals surface area contributed by atoms with Crippen LogP contribution in [0.25, 0.3) is 11.1 Å². The molecule has 2 aromatic heterocycles. The Kier molecular flexibility index (Phi) is 2.74. The van der Waals surface area contributed by atoms with Gasteiger partial charge in [-0.05, 0) is 6.92 Å². The molecule has 0 aliphatic carbocycles. The average Bonchev–Trinajstić information content (AvgIpc) is 2.53. The maximum Gasteiger partial charge on any atom is 0.203 e. The number of aryl methyl sites for hydroxylation is 1. The maximum absolute atomic E-state index is 4.87. The van der Waals surface area contributed by atoms with Gasteiger partial charge < -0.3 is 4.52 Å². The molecule has 4 heteroatoms. The quantitative estimate of drug-likeness (QED) is 0.598. The zero-order valence-corrected chi connectivity index (χ0v) is 7.40. The second kappa shape index (κ2) is 3.80. The third kappa shape index (κ3) is 1.42. The monoisotopic (exact) mass is 165 g/mol. The van der Waals surface area contributed by atoms with Crippen LogP contribution in [0.4, 0.5) is 0 Å². The summed E-state index contributed by atoms with van der Waals surface area (Å²) < 4.78 is 4.87. The number of hydrogen-bond acceptors (Lipinski definition) is 4. The molecule has 0 fully saturated rings. The van der Waals surface area contributed by atoms with Gasteiger partial charge in [0.25, 0.3) is 0 Å². The lowest BCUT2D eigenvalue weighted by atomic mass is 10.4. The van der Waals surface area contributed by atoms with Gasteiger partial charge in [0.1, 0.15) is 17.5 Å². The smallest absolute Gasteiger partial charge is 0.203 e. The van der Waals surface area contributed by atoms with Crippen molar-refractivity contribution in [1.29, 1.82) is 0 Å². The lowest BCUT2D eigenvalue weighted by Crippen LogP contribution is -1.77. The molecule has 0 N–H and O–H groups in total. The number of rotatable bonds is 0. The van der Waals surface area contributed by atoms with E-state index in [9.17, 15) is 0 Å². The SMILES string of the molecule is CC.Cc1noc2cncnc12. The highest BCUT2D eigenvalue weighted by Crippen LogP contribution is 2.11. The molecule has 0 radical (unpaired) electrons. The molecule has 0 amide bonds. The molecule has 0 aliphatic rings. The first-order chi connectivity index (χ1) is 5.88. The maximum atomic E-state index is 4.87. The molecule has 12 heavy (non-hydrogen) atoms. The number of aromatic nitrogens is 3. The minimum absolute atomic E-state index is 0.639. The largest absolute Gasteiger partial charge is 0.353 e. The van der Waals surface area contributed by atoms with Gasteiger partial charge in [-0.1, -0.05) is 19.0 Å². The average molecular weight is 165 g/mol. The molecule has 2 aromatic rings. The van der Waals surface area contributed by atoms with Gasteiger partial charge in [-0.15, -0.1) is 0 Å². The van der Waals surface area contributed by atoms with Crippen LogP contribution < -0.4 is 0 Å². The van der Waals surface area contributed by atoms with Gasteiger partial charge in [0, 0.05) is 0 Å². The van der Waals surface area contributed by atoms with E-state index in [1.54, 1.807) is 6.20 Å². The van der Waals surface area contributed by atoms with Crippen LogP contribution in [-0.4, -0.2) is 15.1 Å². The van der Waals surface area contributed by atoms with Crippen LogP contribution >= 0.6 is 0 Å². The molecule has 0 spiro atoms. The first kappa shape index (κ1) is 8.64. The first-order valence-electron chi connectivity index (χ1n) is 3.90. The summed E-state index contributed by atoms with van der Waals surface area (Å²) in [7, 11) is 0. The summed E-state index contributed by atoms with van der Waals surface area (Å²) in [6, 6.07) is 0. The summed E-state index contributed by atoms with van der Waals surface area (Å²) in [4.78, 5) is 7.75. The van der Waals surface area contributed by atoms with Crippen molar-refractivity contribution in [1.82, 2.24) is 15.1 Å². The second-order valence-electron chi connectivity index (χ2n) is 2.00. The van der Waals surface area contributed by atoms with Crippen LogP contribution in [0.2, 0.25) is 0 Å². The number of nitrogens with zero attached hydrogens (tertiary/aromatic N) is 3. The molecule has 0 saturated carbocycles. The fourth-order valence-corrected chi connectivity index (χ4v) is 0.816. The van der Waals surface area contributed by atoms with Crippen LogP contribution in [0.15, 0.2) is 17.0 Å². The Morgan fingerprint density at radius 1 is 1.33 bits per heavy atom. The summed E-state index contributed by atoms with van der Waals surface area (Å²) in [5.41, 5.74) is 2.23. The predicted octanol–water partition coefficient (Wildman–Crippen LogP) is 1.95. The third-order valence-electron chi connectivity index (χ3n) is 1.30. The third-order valence-corrected chi connectivity index (χ3v) is 1.30. The zero-order valence-electron chi connectivity index (χ0n) is 7.40. The van der Waals surface area contributed by atoms with Crippen molar-refractivity contribution in [2.45, 2.75) is 20.8 Å². The van der Waals surface area contributed by atoms with Crippen molar-refractivity contribution >= 4 is 11.1 Å². The molecule has 0 aromatic carbocycles. The minimum Gasteiger partial charge on any atom is -0.353 e. The van der Waals surface area contributed by atoms with Gasteiger partial charge in [-0.2, -0.15) is 0 Å². The highest BCUT2D eigenvalue weighted by Gasteiger charge is 2.02. The van der Waals surface area contributed by atoms with Crippen molar-refractivity contribution < 1.29 is 4.52 Å². The van der Waals surface area contributed by atoms with Crippen molar-refractivity contribution in [2.75, 3.05) is 0 Å². The van der Waals surface area contributed by atoms with Crippen LogP contribution in [0, 0.1) is 6.92 Å². The lowest BCUT2D eigenvalue weighted by Gasteiger charge is -1.80. The molecule has 0 unspecified atom stereocenters. The van der Waals surface area contributed by atoms with Crippen LogP contribution in [0.3, 0.4) is 0 Å². The Labute approximate surface area is 70.6 Å². The number of hydrogen-bond donors (Lipinski definition) is 0. The Hall–Kier alpha value is -1.45. The zero-order chi connectivity index (χ0) is 8.97. The van der Waals surface area contributed by atoms with Crippen molar-refractivity contribution in [3.05, 3.63) is 18.2 Å². The number of fused-ring (bicyclic) bond motifs is 1. The van der Waals surface area contributed by atoms with E-state index < -0.39 is 0 Å². The molecule has 4 nitrogen and oxygen atoms in total. The second-order valence-corrected chi connectivity index (χ2v) is 2.00. The van der Waals surface area contributed by atoms with Crippen molar-refractivity contribution in [2.24, 2.45) is 0 Å². The molecule has 64 valence electrons. The van der Waals surface area contributed by atoms with Crippen LogP contribution in [0.5, 0.6) is 0 Å². The van der Waals surface area contributed by atoms with Gasteiger partial charge in [-0.3, -0.25) is 0 Å². The van der Waals surface area contributed by atoms with E-state index in [4.69, 9.17) is 4.52 Å². The Morgan fingerprint density at radius 3 is 2.75 bits per heavy atom. The lowest BCUT2D eigenvalue weighted by molar-refractivity contribution is 0.449. The van der Waals surface area contributed by atoms with E-state index in [-0.39, 0.29) is 0 Å². The highest BCUT2D eigenvalue weighted by molar-refractivity contribution is 5.72. The summed E-state index contributed by atoms with van der Waals surface area (Å²) in [6.07, 6.45) is 3.08. The van der Waals surface area contributed by atoms with Crippen LogP contribution in [0.1, 0.15) is 19.5 Å². The van der Waals surface area contributed by atoms with Crippen LogP contribution in [-0.2, 0) is 0 Å². The van der Waals surface area contributed by atoms with Gasteiger partial charge in [0.05, 0.1) is 6.20 Å². The Balaban J connectivity index is 0.000000336. The summed E-state index contributed by atoms with van der Waals surface area (Å²) >= 11 is 0. The van der Waals surface area contributed by atoms with Gasteiger partial charge in [-0.25, -0.2) is 9.97 Å². The standard InChI is InChI=1S/C6H5N3O.C2H6/c1-4-6-5(10-9-4)2-7-3-8-6;1-2/h2-3H,1H3;1-2H3.